The molecule has 0 spiro atoms. The summed E-state index contributed by atoms with van der Waals surface area (Å²) in [6.07, 6.45) is -0.627. The maximum atomic E-state index is 12.5. The van der Waals surface area contributed by atoms with E-state index in [-0.39, 0.29) is 12.8 Å². The van der Waals surface area contributed by atoms with Gasteiger partial charge in [0.1, 0.15) is 0 Å². The first kappa shape index (κ1) is 9.36. The van der Waals surface area contributed by atoms with Gasteiger partial charge in [-0.05, 0) is 0 Å². The SMILES string of the molecule is O=C1NCCN(C2CC(F)(F)C2)C1=O. The summed E-state index contributed by atoms with van der Waals surface area (Å²) in [5.41, 5.74) is 0. The normalized spacial score (nSPS) is 27.1. The molecule has 1 heterocycles. The highest BCUT2D eigenvalue weighted by Gasteiger charge is 2.50. The molecule has 2 amide bonds. The number of halogens is 2. The van der Waals surface area contributed by atoms with E-state index >= 15 is 0 Å². The lowest BCUT2D eigenvalue weighted by Crippen LogP contribution is -2.60. The fraction of sp³-hybridized carbons (Fsp3) is 0.750. The van der Waals surface area contributed by atoms with Gasteiger partial charge in [0.15, 0.2) is 0 Å². The van der Waals surface area contributed by atoms with Gasteiger partial charge in [-0.3, -0.25) is 9.59 Å². The lowest BCUT2D eigenvalue weighted by molar-refractivity contribution is -0.163. The molecule has 1 saturated carbocycles. The van der Waals surface area contributed by atoms with Crippen LogP contribution < -0.4 is 5.32 Å². The summed E-state index contributed by atoms with van der Waals surface area (Å²) < 4.78 is 25.1. The number of hydrogen-bond acceptors (Lipinski definition) is 2. The van der Waals surface area contributed by atoms with Gasteiger partial charge < -0.3 is 10.2 Å². The number of amides is 2. The third kappa shape index (κ3) is 1.44. The third-order valence-electron chi connectivity index (χ3n) is 2.60. The van der Waals surface area contributed by atoms with E-state index in [4.69, 9.17) is 0 Å². The Hall–Kier alpha value is -1.20. The molecule has 1 saturated heterocycles. The van der Waals surface area contributed by atoms with Crippen molar-refractivity contribution in [2.75, 3.05) is 13.1 Å². The van der Waals surface area contributed by atoms with Gasteiger partial charge in [0.2, 0.25) is 0 Å². The molecule has 6 heteroatoms. The average molecular weight is 204 g/mol. The molecule has 78 valence electrons. The highest BCUT2D eigenvalue weighted by atomic mass is 19.3. The molecular formula is C8H10F2N2O2. The highest BCUT2D eigenvalue weighted by molar-refractivity contribution is 6.35. The van der Waals surface area contributed by atoms with E-state index in [0.29, 0.717) is 13.1 Å². The fourth-order valence-electron chi connectivity index (χ4n) is 1.80. The smallest absolute Gasteiger partial charge is 0.312 e. The summed E-state index contributed by atoms with van der Waals surface area (Å²) in [5, 5.41) is 2.37. The summed E-state index contributed by atoms with van der Waals surface area (Å²) in [4.78, 5) is 23.4. The van der Waals surface area contributed by atoms with Gasteiger partial charge in [-0.15, -0.1) is 0 Å². The minimum atomic E-state index is -2.65. The molecule has 4 nitrogen and oxygen atoms in total. The topological polar surface area (TPSA) is 49.4 Å². The van der Waals surface area contributed by atoms with Crippen LogP contribution in [0.3, 0.4) is 0 Å². The molecule has 0 unspecified atom stereocenters. The number of rotatable bonds is 1. The second-order valence-electron chi connectivity index (χ2n) is 3.67. The molecule has 0 bridgehead atoms. The van der Waals surface area contributed by atoms with Gasteiger partial charge in [0.25, 0.3) is 5.92 Å². The molecule has 0 aromatic rings. The zero-order valence-electron chi connectivity index (χ0n) is 7.43. The maximum absolute atomic E-state index is 12.5. The number of nitrogens with one attached hydrogen (secondary N) is 1. The van der Waals surface area contributed by atoms with Crippen molar-refractivity contribution in [2.45, 2.75) is 24.8 Å². The van der Waals surface area contributed by atoms with Crippen LogP contribution in [0.1, 0.15) is 12.8 Å². The van der Waals surface area contributed by atoms with E-state index in [0.717, 1.165) is 0 Å². The summed E-state index contributed by atoms with van der Waals surface area (Å²) in [5.74, 6) is -4.03. The minimum Gasteiger partial charge on any atom is -0.346 e. The van der Waals surface area contributed by atoms with Crippen molar-refractivity contribution in [3.05, 3.63) is 0 Å². The monoisotopic (exact) mass is 204 g/mol. The molecule has 1 aliphatic carbocycles. The zero-order chi connectivity index (χ0) is 10.3. The van der Waals surface area contributed by atoms with Crippen molar-refractivity contribution < 1.29 is 18.4 Å². The third-order valence-corrected chi connectivity index (χ3v) is 2.60. The van der Waals surface area contributed by atoms with Crippen molar-refractivity contribution in [3.63, 3.8) is 0 Å². The Morgan fingerprint density at radius 1 is 1.36 bits per heavy atom. The van der Waals surface area contributed by atoms with Crippen molar-refractivity contribution in [2.24, 2.45) is 0 Å². The number of alkyl halides is 2. The summed E-state index contributed by atoms with van der Waals surface area (Å²) in [6.45, 7) is 0.692. The average Bonchev–Trinajstić information content (AvgIpc) is 2.06. The molecule has 2 aliphatic rings. The Labute approximate surface area is 79.2 Å². The van der Waals surface area contributed by atoms with E-state index in [9.17, 15) is 18.4 Å². The number of carbonyl (C=O) groups excluding carboxylic acids is 2. The molecular weight excluding hydrogens is 194 g/mol. The quantitative estimate of drug-likeness (QED) is 0.598. The molecule has 2 rings (SSSR count). The second-order valence-corrected chi connectivity index (χ2v) is 3.67. The van der Waals surface area contributed by atoms with E-state index < -0.39 is 23.8 Å². The summed E-state index contributed by atoms with van der Waals surface area (Å²) >= 11 is 0. The summed E-state index contributed by atoms with van der Waals surface area (Å²) in [7, 11) is 0. The van der Waals surface area contributed by atoms with Crippen LogP contribution in [-0.4, -0.2) is 41.8 Å². The standard InChI is InChI=1S/C8H10F2N2O2/c9-8(10)3-5(4-8)12-2-1-11-6(13)7(12)14/h5H,1-4H2,(H,11,13). The summed E-state index contributed by atoms with van der Waals surface area (Å²) in [6, 6.07) is -0.455. The van der Waals surface area contributed by atoms with Crippen molar-refractivity contribution >= 4 is 11.8 Å². The van der Waals surface area contributed by atoms with Crippen LogP contribution in [0.15, 0.2) is 0 Å². The molecule has 0 radical (unpaired) electrons. The van der Waals surface area contributed by atoms with E-state index in [1.54, 1.807) is 0 Å². The Morgan fingerprint density at radius 3 is 2.57 bits per heavy atom. The molecule has 14 heavy (non-hydrogen) atoms. The number of nitrogens with zero attached hydrogens (tertiary/aromatic N) is 1. The van der Waals surface area contributed by atoms with Gasteiger partial charge in [0, 0.05) is 32.0 Å². The molecule has 0 aromatic carbocycles. The van der Waals surface area contributed by atoms with Gasteiger partial charge in [-0.2, -0.15) is 0 Å². The number of piperazine rings is 1. The van der Waals surface area contributed by atoms with Crippen LogP contribution >= 0.6 is 0 Å². The van der Waals surface area contributed by atoms with Crippen LogP contribution in [0, 0.1) is 0 Å². The van der Waals surface area contributed by atoms with Gasteiger partial charge >= 0.3 is 11.8 Å². The maximum Gasteiger partial charge on any atom is 0.312 e. The lowest BCUT2D eigenvalue weighted by Gasteiger charge is -2.43. The lowest BCUT2D eigenvalue weighted by atomic mass is 9.86. The fourth-order valence-corrected chi connectivity index (χ4v) is 1.80. The molecule has 0 aromatic heterocycles. The van der Waals surface area contributed by atoms with Gasteiger partial charge in [-0.25, -0.2) is 8.78 Å². The first-order chi connectivity index (χ1) is 6.49. The van der Waals surface area contributed by atoms with Crippen LogP contribution in [0.25, 0.3) is 0 Å². The van der Waals surface area contributed by atoms with Gasteiger partial charge in [-0.1, -0.05) is 0 Å². The molecule has 2 fully saturated rings. The number of carbonyl (C=O) groups is 2. The first-order valence-electron chi connectivity index (χ1n) is 4.46. The largest absolute Gasteiger partial charge is 0.346 e. The Morgan fingerprint density at radius 2 is 2.00 bits per heavy atom. The molecule has 1 aliphatic heterocycles. The van der Waals surface area contributed by atoms with Crippen LogP contribution in [0.4, 0.5) is 8.78 Å². The van der Waals surface area contributed by atoms with Crippen molar-refractivity contribution in [1.82, 2.24) is 10.2 Å². The zero-order valence-corrected chi connectivity index (χ0v) is 7.43. The first-order valence-corrected chi connectivity index (χ1v) is 4.46. The van der Waals surface area contributed by atoms with E-state index in [1.165, 1.54) is 4.90 Å². The van der Waals surface area contributed by atoms with Crippen LogP contribution in [0.5, 0.6) is 0 Å². The predicted molar refractivity (Wildman–Crippen MR) is 42.7 cm³/mol. The van der Waals surface area contributed by atoms with E-state index in [2.05, 4.69) is 5.32 Å². The minimum absolute atomic E-state index is 0.313. The molecule has 0 atom stereocenters. The van der Waals surface area contributed by atoms with Crippen molar-refractivity contribution in [1.29, 1.82) is 0 Å². The van der Waals surface area contributed by atoms with Crippen LogP contribution in [0.2, 0.25) is 0 Å². The molecule has 1 N–H and O–H groups in total. The predicted octanol–water partition coefficient (Wildman–Crippen LogP) is -0.258. The Bertz CT molecular complexity index is 285. The Kier molecular flexibility index (Phi) is 1.94. The van der Waals surface area contributed by atoms with Gasteiger partial charge in [0.05, 0.1) is 0 Å². The van der Waals surface area contributed by atoms with Crippen LogP contribution in [-0.2, 0) is 9.59 Å². The van der Waals surface area contributed by atoms with Crippen molar-refractivity contribution in [3.8, 4) is 0 Å². The Balaban J connectivity index is 1.98. The van der Waals surface area contributed by atoms with E-state index in [1.807, 2.05) is 0 Å². The number of hydrogen-bond donors (Lipinski definition) is 1. The highest BCUT2D eigenvalue weighted by Crippen LogP contribution is 2.40. The second kappa shape index (κ2) is 2.90.